The lowest BCUT2D eigenvalue weighted by Gasteiger charge is -2.11. The Kier molecular flexibility index (Phi) is 5.55. The van der Waals surface area contributed by atoms with E-state index < -0.39 is 0 Å². The van der Waals surface area contributed by atoms with Crippen LogP contribution in [0.25, 0.3) is 10.8 Å². The zero-order valence-corrected chi connectivity index (χ0v) is 14.6. The molecule has 3 rings (SSSR count). The molecule has 0 atom stereocenters. The Hall–Kier alpha value is -2.26. The van der Waals surface area contributed by atoms with Crippen LogP contribution in [0.15, 0.2) is 71.6 Å². The Morgan fingerprint density at radius 2 is 1.71 bits per heavy atom. The number of carbonyl (C=O) groups excluding carboxylic acids is 1. The van der Waals surface area contributed by atoms with Gasteiger partial charge in [0.05, 0.1) is 5.69 Å². The normalized spacial score (nSPS) is 10.7. The van der Waals surface area contributed by atoms with Crippen LogP contribution in [-0.2, 0) is 11.2 Å². The van der Waals surface area contributed by atoms with Gasteiger partial charge in [-0.15, -0.1) is 11.8 Å². The third kappa shape index (κ3) is 3.98. The summed E-state index contributed by atoms with van der Waals surface area (Å²) in [5.74, 6) is 1.05. The van der Waals surface area contributed by atoms with Gasteiger partial charge in [-0.3, -0.25) is 4.79 Å². The molecule has 122 valence electrons. The minimum absolute atomic E-state index is 0.0621. The highest BCUT2D eigenvalue weighted by atomic mass is 32.2. The van der Waals surface area contributed by atoms with Crippen LogP contribution < -0.4 is 5.32 Å². The molecule has 3 aromatic carbocycles. The van der Waals surface area contributed by atoms with Gasteiger partial charge < -0.3 is 5.32 Å². The molecule has 0 fully saturated rings. The fourth-order valence-electron chi connectivity index (χ4n) is 2.82. The maximum Gasteiger partial charge on any atom is 0.224 e. The standard InChI is InChI=1S/C21H21NOS/c1-2-24-20-13-6-5-12-19(20)22-21(23)15-14-17-10-7-9-16-8-3-4-11-18(16)17/h3-13H,2,14-15H2,1H3,(H,22,23). The molecule has 1 N–H and O–H groups in total. The maximum absolute atomic E-state index is 12.4. The van der Waals surface area contributed by atoms with Crippen LogP contribution in [0.4, 0.5) is 5.69 Å². The molecule has 0 spiro atoms. The van der Waals surface area contributed by atoms with E-state index >= 15 is 0 Å². The number of rotatable bonds is 6. The van der Waals surface area contributed by atoms with Gasteiger partial charge in [0.2, 0.25) is 5.91 Å². The monoisotopic (exact) mass is 335 g/mol. The lowest BCUT2D eigenvalue weighted by Crippen LogP contribution is -2.13. The molecule has 0 aromatic heterocycles. The van der Waals surface area contributed by atoms with Crippen LogP contribution >= 0.6 is 11.8 Å². The first-order valence-electron chi connectivity index (χ1n) is 8.26. The summed E-state index contributed by atoms with van der Waals surface area (Å²) in [6.07, 6.45) is 1.23. The molecular weight excluding hydrogens is 314 g/mol. The van der Waals surface area contributed by atoms with Gasteiger partial charge in [0.25, 0.3) is 0 Å². The van der Waals surface area contributed by atoms with E-state index in [2.05, 4.69) is 48.6 Å². The molecular formula is C21H21NOS. The first-order chi connectivity index (χ1) is 11.8. The number of benzene rings is 3. The topological polar surface area (TPSA) is 29.1 Å². The highest BCUT2D eigenvalue weighted by Crippen LogP contribution is 2.27. The first kappa shape index (κ1) is 16.6. The van der Waals surface area contributed by atoms with Crippen LogP contribution in [-0.4, -0.2) is 11.7 Å². The summed E-state index contributed by atoms with van der Waals surface area (Å²) in [7, 11) is 0. The third-order valence-electron chi connectivity index (χ3n) is 3.96. The summed E-state index contributed by atoms with van der Waals surface area (Å²) in [6, 6.07) is 22.6. The molecule has 0 aliphatic rings. The molecule has 0 heterocycles. The number of amides is 1. The summed E-state index contributed by atoms with van der Waals surface area (Å²) < 4.78 is 0. The lowest BCUT2D eigenvalue weighted by atomic mass is 10.0. The minimum Gasteiger partial charge on any atom is -0.325 e. The molecule has 0 saturated carbocycles. The molecule has 0 radical (unpaired) electrons. The average Bonchev–Trinajstić information content (AvgIpc) is 2.62. The molecule has 3 heteroatoms. The number of hydrogen-bond acceptors (Lipinski definition) is 2. The molecule has 0 saturated heterocycles. The second-order valence-corrected chi connectivity index (χ2v) is 6.92. The molecule has 24 heavy (non-hydrogen) atoms. The van der Waals surface area contributed by atoms with Crippen molar-refractivity contribution in [2.75, 3.05) is 11.1 Å². The summed E-state index contributed by atoms with van der Waals surface area (Å²) >= 11 is 1.75. The van der Waals surface area contributed by atoms with Gasteiger partial charge in [-0.2, -0.15) is 0 Å². The predicted molar refractivity (Wildman–Crippen MR) is 104 cm³/mol. The van der Waals surface area contributed by atoms with E-state index in [-0.39, 0.29) is 5.91 Å². The van der Waals surface area contributed by atoms with Crippen molar-refractivity contribution in [2.24, 2.45) is 0 Å². The highest BCUT2D eigenvalue weighted by Gasteiger charge is 2.08. The summed E-state index contributed by atoms with van der Waals surface area (Å²) in [5.41, 5.74) is 2.13. The van der Waals surface area contributed by atoms with Gasteiger partial charge in [-0.05, 0) is 40.6 Å². The first-order valence-corrected chi connectivity index (χ1v) is 9.25. The number of anilines is 1. The number of hydrogen-bond donors (Lipinski definition) is 1. The van der Waals surface area contributed by atoms with Crippen molar-refractivity contribution in [1.82, 2.24) is 0 Å². The van der Waals surface area contributed by atoms with Crippen molar-refractivity contribution in [3.8, 4) is 0 Å². The van der Waals surface area contributed by atoms with Crippen molar-refractivity contribution in [3.05, 3.63) is 72.3 Å². The highest BCUT2D eigenvalue weighted by molar-refractivity contribution is 7.99. The van der Waals surface area contributed by atoms with Crippen LogP contribution in [0.2, 0.25) is 0 Å². The molecule has 2 nitrogen and oxygen atoms in total. The summed E-state index contributed by atoms with van der Waals surface area (Å²) in [5, 5.41) is 5.51. The fraction of sp³-hybridized carbons (Fsp3) is 0.190. The number of para-hydroxylation sites is 1. The summed E-state index contributed by atoms with van der Waals surface area (Å²) in [6.45, 7) is 2.11. The summed E-state index contributed by atoms with van der Waals surface area (Å²) in [4.78, 5) is 13.5. The molecule has 0 aliphatic heterocycles. The van der Waals surface area contributed by atoms with Crippen molar-refractivity contribution >= 4 is 34.1 Å². The molecule has 3 aromatic rings. The SMILES string of the molecule is CCSc1ccccc1NC(=O)CCc1cccc2ccccc12. The van der Waals surface area contributed by atoms with Crippen molar-refractivity contribution in [1.29, 1.82) is 0 Å². The van der Waals surface area contributed by atoms with E-state index in [0.717, 1.165) is 22.8 Å². The Morgan fingerprint density at radius 1 is 0.958 bits per heavy atom. The Balaban J connectivity index is 1.67. The predicted octanol–water partition coefficient (Wildman–Crippen LogP) is 5.52. The molecule has 0 unspecified atom stereocenters. The van der Waals surface area contributed by atoms with E-state index in [1.165, 1.54) is 16.3 Å². The van der Waals surface area contributed by atoms with E-state index in [1.54, 1.807) is 11.8 Å². The zero-order chi connectivity index (χ0) is 16.8. The van der Waals surface area contributed by atoms with Crippen molar-refractivity contribution in [3.63, 3.8) is 0 Å². The van der Waals surface area contributed by atoms with Gasteiger partial charge in [0.1, 0.15) is 0 Å². The van der Waals surface area contributed by atoms with Crippen LogP contribution in [0.1, 0.15) is 18.9 Å². The van der Waals surface area contributed by atoms with Crippen molar-refractivity contribution in [2.45, 2.75) is 24.7 Å². The Bertz CT molecular complexity index is 839. The lowest BCUT2D eigenvalue weighted by molar-refractivity contribution is -0.116. The Morgan fingerprint density at radius 3 is 2.58 bits per heavy atom. The van der Waals surface area contributed by atoms with Gasteiger partial charge in [0, 0.05) is 11.3 Å². The average molecular weight is 335 g/mol. The van der Waals surface area contributed by atoms with E-state index in [9.17, 15) is 4.79 Å². The second kappa shape index (κ2) is 8.02. The second-order valence-electron chi connectivity index (χ2n) is 5.62. The number of carbonyl (C=O) groups is 1. The zero-order valence-electron chi connectivity index (χ0n) is 13.8. The maximum atomic E-state index is 12.4. The smallest absolute Gasteiger partial charge is 0.224 e. The van der Waals surface area contributed by atoms with E-state index in [0.29, 0.717) is 6.42 Å². The fourth-order valence-corrected chi connectivity index (χ4v) is 3.58. The molecule has 1 amide bonds. The van der Waals surface area contributed by atoms with Gasteiger partial charge >= 0.3 is 0 Å². The Labute approximate surface area is 147 Å². The van der Waals surface area contributed by atoms with Crippen LogP contribution in [0, 0.1) is 0 Å². The largest absolute Gasteiger partial charge is 0.325 e. The minimum atomic E-state index is 0.0621. The van der Waals surface area contributed by atoms with E-state index in [1.807, 2.05) is 30.3 Å². The van der Waals surface area contributed by atoms with Gasteiger partial charge in [0.15, 0.2) is 0 Å². The number of nitrogens with one attached hydrogen (secondary N) is 1. The van der Waals surface area contributed by atoms with Crippen LogP contribution in [0.3, 0.4) is 0 Å². The van der Waals surface area contributed by atoms with Crippen molar-refractivity contribution < 1.29 is 4.79 Å². The quantitative estimate of drug-likeness (QED) is 0.601. The number of fused-ring (bicyclic) bond motifs is 1. The third-order valence-corrected chi connectivity index (χ3v) is 4.92. The number of thioether (sulfide) groups is 1. The van der Waals surface area contributed by atoms with Crippen LogP contribution in [0.5, 0.6) is 0 Å². The number of aryl methyl sites for hydroxylation is 1. The molecule has 0 bridgehead atoms. The van der Waals surface area contributed by atoms with Gasteiger partial charge in [-0.1, -0.05) is 61.5 Å². The van der Waals surface area contributed by atoms with E-state index in [4.69, 9.17) is 0 Å². The van der Waals surface area contributed by atoms with Gasteiger partial charge in [-0.25, -0.2) is 0 Å². The molecule has 0 aliphatic carbocycles.